The molecule has 0 amide bonds. The number of aromatic nitrogens is 5. The number of rotatable bonds is 9. The van der Waals surface area contributed by atoms with E-state index in [9.17, 15) is 0 Å². The number of fused-ring (bicyclic) bond motifs is 3. The van der Waals surface area contributed by atoms with Crippen molar-refractivity contribution in [2.24, 2.45) is 0 Å². The molecule has 0 saturated heterocycles. The molecule has 4 aromatic heterocycles. The first-order valence-electron chi connectivity index (χ1n) is 18.4. The Hall–Kier alpha value is -6.55. The van der Waals surface area contributed by atoms with Gasteiger partial charge >= 0.3 is 41.5 Å². The van der Waals surface area contributed by atoms with Gasteiger partial charge in [0.25, 0.3) is 0 Å². The van der Waals surface area contributed by atoms with Crippen LogP contribution in [0.1, 0.15) is 0 Å². The van der Waals surface area contributed by atoms with Crippen molar-refractivity contribution in [3.8, 4) is 73.7 Å². The minimum Gasteiger partial charge on any atom is -0.503 e. The summed E-state index contributed by atoms with van der Waals surface area (Å²) in [7, 11) is 0. The SMILES string of the molecule is [Pd+2].[Pt+2].[c-]1c(Oc2[c-]c3c(cc2)c2ccc(Oc4[c-]c(-c5ccc(-c6ccccc6)cn5)ccc4)[c-]c2n3-c2ncccn2)cccc1-c1ccc(-c2ccccc2)cn1. The molecule has 4 heterocycles. The van der Waals surface area contributed by atoms with Gasteiger partial charge in [0.2, 0.25) is 5.95 Å². The first kappa shape index (κ1) is 39.3. The summed E-state index contributed by atoms with van der Waals surface area (Å²) in [6.45, 7) is 0. The third kappa shape index (κ3) is 8.26. The third-order valence-corrected chi connectivity index (χ3v) is 9.56. The van der Waals surface area contributed by atoms with Gasteiger partial charge < -0.3 is 24.0 Å². The van der Waals surface area contributed by atoms with Crippen LogP contribution in [0.5, 0.6) is 23.0 Å². The van der Waals surface area contributed by atoms with Gasteiger partial charge in [-0.2, -0.15) is 22.9 Å². The molecule has 7 nitrogen and oxygen atoms in total. The van der Waals surface area contributed by atoms with Gasteiger partial charge in [-0.3, -0.25) is 0 Å². The van der Waals surface area contributed by atoms with Crippen molar-refractivity contribution < 1.29 is 51.0 Å². The minimum atomic E-state index is 0. The van der Waals surface area contributed by atoms with Crippen LogP contribution in [-0.2, 0) is 41.5 Å². The molecule has 0 atom stereocenters. The van der Waals surface area contributed by atoms with E-state index >= 15 is 0 Å². The fraction of sp³-hybridized carbons (Fsp3) is 0. The van der Waals surface area contributed by atoms with Crippen molar-refractivity contribution in [3.63, 3.8) is 0 Å². The number of pyridine rings is 2. The molecule has 0 aliphatic carbocycles. The molecule has 0 unspecified atom stereocenters. The van der Waals surface area contributed by atoms with Crippen LogP contribution in [0.2, 0.25) is 0 Å². The first-order chi connectivity index (χ1) is 28.2. The molecule has 286 valence electrons. The molecule has 0 fully saturated rings. The van der Waals surface area contributed by atoms with Crippen LogP contribution in [-0.4, -0.2) is 24.5 Å². The molecule has 10 aromatic rings. The molecule has 9 heteroatoms. The van der Waals surface area contributed by atoms with Crippen molar-refractivity contribution in [1.29, 1.82) is 0 Å². The largest absolute Gasteiger partial charge is 2.00 e. The van der Waals surface area contributed by atoms with Crippen LogP contribution in [0.3, 0.4) is 0 Å². The van der Waals surface area contributed by atoms with E-state index in [4.69, 9.17) is 19.4 Å². The number of hydrogen-bond acceptors (Lipinski definition) is 6. The fourth-order valence-corrected chi connectivity index (χ4v) is 6.81. The van der Waals surface area contributed by atoms with Crippen LogP contribution in [0.15, 0.2) is 176 Å². The van der Waals surface area contributed by atoms with Crippen molar-refractivity contribution in [3.05, 3.63) is 201 Å². The second-order valence-electron chi connectivity index (χ2n) is 13.2. The molecular weight excluding hydrogens is 1000 g/mol. The third-order valence-electron chi connectivity index (χ3n) is 9.56. The summed E-state index contributed by atoms with van der Waals surface area (Å²) in [5.41, 5.74) is 9.04. The normalized spacial score (nSPS) is 10.8. The number of hydrogen-bond donors (Lipinski definition) is 0. The van der Waals surface area contributed by atoms with Crippen molar-refractivity contribution >= 4 is 21.8 Å². The molecule has 0 bridgehead atoms. The molecule has 0 N–H and O–H groups in total. The van der Waals surface area contributed by atoms with E-state index in [0.717, 1.165) is 66.6 Å². The van der Waals surface area contributed by atoms with Crippen LogP contribution in [0.25, 0.3) is 72.5 Å². The second-order valence-corrected chi connectivity index (χ2v) is 13.2. The summed E-state index contributed by atoms with van der Waals surface area (Å²) in [5.74, 6) is 2.57. The maximum Gasteiger partial charge on any atom is 2.00 e. The summed E-state index contributed by atoms with van der Waals surface area (Å²) in [4.78, 5) is 18.6. The van der Waals surface area contributed by atoms with Crippen LogP contribution < -0.4 is 9.47 Å². The van der Waals surface area contributed by atoms with E-state index in [-0.39, 0.29) is 41.5 Å². The topological polar surface area (TPSA) is 75.0 Å². The zero-order chi connectivity index (χ0) is 38.0. The van der Waals surface area contributed by atoms with E-state index in [0.29, 0.717) is 28.9 Å². The smallest absolute Gasteiger partial charge is 0.503 e. The Balaban J connectivity index is 0.00000242. The van der Waals surface area contributed by atoms with E-state index in [1.165, 1.54) is 0 Å². The maximum absolute atomic E-state index is 6.37. The van der Waals surface area contributed by atoms with Crippen molar-refractivity contribution in [2.75, 3.05) is 0 Å². The average molecular weight is 1030 g/mol. The molecule has 0 spiro atoms. The zero-order valence-electron chi connectivity index (χ0n) is 30.9. The summed E-state index contributed by atoms with van der Waals surface area (Å²) in [5, 5.41) is 1.87. The Morgan fingerprint density at radius 1 is 0.390 bits per heavy atom. The van der Waals surface area contributed by atoms with Crippen LogP contribution in [0.4, 0.5) is 0 Å². The molecule has 0 saturated carbocycles. The maximum atomic E-state index is 6.37. The predicted molar refractivity (Wildman–Crippen MR) is 222 cm³/mol. The summed E-state index contributed by atoms with van der Waals surface area (Å²) >= 11 is 0. The van der Waals surface area contributed by atoms with Gasteiger partial charge in [0.1, 0.15) is 0 Å². The van der Waals surface area contributed by atoms with Crippen molar-refractivity contribution in [2.45, 2.75) is 0 Å². The molecule has 59 heavy (non-hydrogen) atoms. The summed E-state index contributed by atoms with van der Waals surface area (Å²) < 4.78 is 14.7. The first-order valence-corrected chi connectivity index (χ1v) is 18.4. The van der Waals surface area contributed by atoms with Gasteiger partial charge in [0.05, 0.1) is 0 Å². The average Bonchev–Trinajstić information content (AvgIpc) is 3.60. The van der Waals surface area contributed by atoms with Crippen LogP contribution in [0, 0.1) is 24.3 Å². The Morgan fingerprint density at radius 2 is 0.847 bits per heavy atom. The van der Waals surface area contributed by atoms with Gasteiger partial charge in [-0.15, -0.1) is 71.8 Å². The van der Waals surface area contributed by atoms with Gasteiger partial charge in [0.15, 0.2) is 0 Å². The standard InChI is InChI=1S/C50H29N5O2.Pd.Pt/c1-3-10-34(11-4-1)38-18-24-46(53-32-38)36-14-7-16-40(28-36)56-42-20-22-44-45-23-21-43(31-49(45)55(48(44)30-42)50-51-26-9-27-52-50)57-41-17-8-15-37(29-41)47-25-19-39(33-54-47)35-12-5-2-6-13-35;;/h1-27,32-33H;;/q-4;2*+2. The Bertz CT molecular complexity index is 2820. The summed E-state index contributed by atoms with van der Waals surface area (Å²) in [6.07, 6.45) is 7.18. The van der Waals surface area contributed by atoms with Gasteiger partial charge in [-0.25, -0.2) is 9.97 Å². The van der Waals surface area contributed by atoms with Crippen LogP contribution >= 0.6 is 0 Å². The molecule has 0 aliphatic rings. The fourth-order valence-electron chi connectivity index (χ4n) is 6.81. The molecule has 6 aromatic carbocycles. The van der Waals surface area contributed by atoms with Crippen molar-refractivity contribution in [1.82, 2.24) is 24.5 Å². The Labute approximate surface area is 369 Å². The predicted octanol–water partition coefficient (Wildman–Crippen LogP) is 11.8. The van der Waals surface area contributed by atoms with E-state index < -0.39 is 0 Å². The molecule has 0 radical (unpaired) electrons. The Kier molecular flexibility index (Phi) is 11.7. The number of benzene rings is 6. The van der Waals surface area contributed by atoms with E-state index in [1.807, 2.05) is 126 Å². The van der Waals surface area contributed by atoms with Gasteiger partial charge in [-0.1, -0.05) is 108 Å². The van der Waals surface area contributed by atoms with E-state index in [1.54, 1.807) is 18.5 Å². The number of nitrogens with zero attached hydrogens (tertiary/aromatic N) is 5. The minimum absolute atomic E-state index is 0. The summed E-state index contributed by atoms with van der Waals surface area (Å²) in [6, 6.07) is 63.4. The molecule has 10 rings (SSSR count). The zero-order valence-corrected chi connectivity index (χ0v) is 34.8. The molecular formula is C50H29N5O2PdPt. The van der Waals surface area contributed by atoms with Gasteiger partial charge in [-0.05, 0) is 39.7 Å². The Morgan fingerprint density at radius 3 is 1.29 bits per heavy atom. The monoisotopic (exact) mass is 1030 g/mol. The molecule has 0 aliphatic heterocycles. The quantitative estimate of drug-likeness (QED) is 0.106. The van der Waals surface area contributed by atoms with Gasteiger partial charge in [0, 0.05) is 47.8 Å². The number of ether oxygens (including phenoxy) is 2. The second kappa shape index (κ2) is 17.5. The van der Waals surface area contributed by atoms with E-state index in [2.05, 4.69) is 70.6 Å².